The molecule has 0 fully saturated rings. The highest BCUT2D eigenvalue weighted by Gasteiger charge is 2.11. The molecule has 0 spiro atoms. The highest BCUT2D eigenvalue weighted by atomic mass is 16.5. The van der Waals surface area contributed by atoms with Crippen molar-refractivity contribution >= 4 is 10.9 Å². The molecule has 3 aromatic rings. The average molecular weight is 325 g/mol. The van der Waals surface area contributed by atoms with Crippen LogP contribution in [-0.2, 0) is 6.54 Å². The number of aliphatic hydroxyl groups excluding tert-OH is 1. The lowest BCUT2D eigenvalue weighted by molar-refractivity contribution is 0.0911. The zero-order chi connectivity index (χ0) is 17.1. The van der Waals surface area contributed by atoms with Gasteiger partial charge >= 0.3 is 0 Å². The van der Waals surface area contributed by atoms with Crippen LogP contribution >= 0.6 is 0 Å². The van der Waals surface area contributed by atoms with Gasteiger partial charge in [0, 0.05) is 6.20 Å². The standard InChI is InChI=1S/C18H19N3O3/c1-12-3-4-13(2)17(7-12)24-10-14(22)9-21-11-20-16-8-19-6-5-15(16)18(21)23/h3-8,11,14,22H,9-10H2,1-2H3/t14-/m0/s1. The molecule has 6 heteroatoms. The number of aryl methyl sites for hydroxylation is 2. The summed E-state index contributed by atoms with van der Waals surface area (Å²) in [4.78, 5) is 20.5. The van der Waals surface area contributed by atoms with Crippen LogP contribution in [0, 0.1) is 13.8 Å². The van der Waals surface area contributed by atoms with Crippen LogP contribution in [0.15, 0.2) is 47.8 Å². The van der Waals surface area contributed by atoms with Crippen molar-refractivity contribution in [2.45, 2.75) is 26.5 Å². The Morgan fingerprint density at radius 2 is 2.12 bits per heavy atom. The number of hydrogen-bond acceptors (Lipinski definition) is 5. The minimum atomic E-state index is -0.816. The summed E-state index contributed by atoms with van der Waals surface area (Å²) >= 11 is 0. The first-order chi connectivity index (χ1) is 11.5. The molecule has 0 bridgehead atoms. The third-order valence-corrected chi connectivity index (χ3v) is 3.81. The summed E-state index contributed by atoms with van der Waals surface area (Å²) in [5.41, 5.74) is 2.44. The minimum Gasteiger partial charge on any atom is -0.491 e. The zero-order valence-corrected chi connectivity index (χ0v) is 13.6. The summed E-state index contributed by atoms with van der Waals surface area (Å²) in [7, 11) is 0. The van der Waals surface area contributed by atoms with Crippen molar-refractivity contribution in [2.75, 3.05) is 6.61 Å². The number of nitrogens with zero attached hydrogens (tertiary/aromatic N) is 3. The average Bonchev–Trinajstić information content (AvgIpc) is 2.58. The van der Waals surface area contributed by atoms with Crippen LogP contribution in [0.5, 0.6) is 5.75 Å². The molecule has 6 nitrogen and oxygen atoms in total. The van der Waals surface area contributed by atoms with E-state index in [1.165, 1.54) is 10.9 Å². The summed E-state index contributed by atoms with van der Waals surface area (Å²) in [6.07, 6.45) is 3.70. The van der Waals surface area contributed by atoms with E-state index in [0.717, 1.165) is 16.9 Å². The Morgan fingerprint density at radius 3 is 2.96 bits per heavy atom. The quantitative estimate of drug-likeness (QED) is 0.774. The van der Waals surface area contributed by atoms with Gasteiger partial charge in [0.15, 0.2) is 0 Å². The number of rotatable bonds is 5. The SMILES string of the molecule is Cc1ccc(C)c(OC[C@@H](O)Cn2cnc3cnccc3c2=O)c1. The van der Waals surface area contributed by atoms with Crippen LogP contribution in [0.1, 0.15) is 11.1 Å². The number of hydrogen-bond donors (Lipinski definition) is 1. The molecule has 0 unspecified atom stereocenters. The van der Waals surface area contributed by atoms with E-state index in [2.05, 4.69) is 9.97 Å². The summed E-state index contributed by atoms with van der Waals surface area (Å²) in [5.74, 6) is 0.740. The summed E-state index contributed by atoms with van der Waals surface area (Å²) in [5, 5.41) is 10.7. The third kappa shape index (κ3) is 3.44. The molecule has 2 heterocycles. The summed E-state index contributed by atoms with van der Waals surface area (Å²) in [6, 6.07) is 7.54. The third-order valence-electron chi connectivity index (χ3n) is 3.81. The second kappa shape index (κ2) is 6.80. The molecule has 1 N–H and O–H groups in total. The summed E-state index contributed by atoms with van der Waals surface area (Å²) in [6.45, 7) is 4.16. The molecule has 3 rings (SSSR count). The van der Waals surface area contributed by atoms with Crippen molar-refractivity contribution in [3.63, 3.8) is 0 Å². The van der Waals surface area contributed by atoms with Gasteiger partial charge in [0.1, 0.15) is 18.5 Å². The molecule has 0 aliphatic heterocycles. The van der Waals surface area contributed by atoms with Crippen LogP contribution in [0.25, 0.3) is 10.9 Å². The number of aliphatic hydroxyl groups is 1. The largest absolute Gasteiger partial charge is 0.491 e. The van der Waals surface area contributed by atoms with E-state index in [1.54, 1.807) is 18.5 Å². The molecular weight excluding hydrogens is 306 g/mol. The van der Waals surface area contributed by atoms with Crippen molar-refractivity contribution in [3.8, 4) is 5.75 Å². The normalized spacial score (nSPS) is 12.3. The van der Waals surface area contributed by atoms with Crippen LogP contribution in [0.2, 0.25) is 0 Å². The first kappa shape index (κ1) is 16.1. The second-order valence-corrected chi connectivity index (χ2v) is 5.83. The van der Waals surface area contributed by atoms with Gasteiger partial charge in [-0.05, 0) is 37.1 Å². The number of aromatic nitrogens is 3. The summed E-state index contributed by atoms with van der Waals surface area (Å²) < 4.78 is 7.07. The lowest BCUT2D eigenvalue weighted by Crippen LogP contribution is -2.30. The van der Waals surface area contributed by atoms with Crippen LogP contribution < -0.4 is 10.3 Å². The molecule has 0 amide bonds. The van der Waals surface area contributed by atoms with Crippen molar-refractivity contribution in [1.82, 2.24) is 14.5 Å². The maximum Gasteiger partial charge on any atom is 0.261 e. The number of pyridine rings is 1. The van der Waals surface area contributed by atoms with Crippen molar-refractivity contribution in [2.24, 2.45) is 0 Å². The van der Waals surface area contributed by atoms with Crippen molar-refractivity contribution in [3.05, 3.63) is 64.5 Å². The maximum absolute atomic E-state index is 12.4. The Bertz CT molecular complexity index is 921. The molecule has 1 atom stereocenters. The van der Waals surface area contributed by atoms with E-state index in [4.69, 9.17) is 4.74 Å². The van der Waals surface area contributed by atoms with Crippen LogP contribution in [0.3, 0.4) is 0 Å². The molecule has 0 saturated carbocycles. The fourth-order valence-electron chi connectivity index (χ4n) is 2.47. The number of benzene rings is 1. The van der Waals surface area contributed by atoms with Crippen molar-refractivity contribution in [1.29, 1.82) is 0 Å². The topological polar surface area (TPSA) is 77.2 Å². The van der Waals surface area contributed by atoms with Gasteiger partial charge in [-0.2, -0.15) is 0 Å². The first-order valence-electron chi connectivity index (χ1n) is 7.72. The van der Waals surface area contributed by atoms with Gasteiger partial charge in [0.25, 0.3) is 5.56 Å². The van der Waals surface area contributed by atoms with Gasteiger partial charge in [-0.15, -0.1) is 0 Å². The molecule has 1 aromatic carbocycles. The Morgan fingerprint density at radius 1 is 1.29 bits per heavy atom. The van der Waals surface area contributed by atoms with Crippen molar-refractivity contribution < 1.29 is 9.84 Å². The van der Waals surface area contributed by atoms with E-state index in [9.17, 15) is 9.90 Å². The number of ether oxygens (including phenoxy) is 1. The Labute approximate surface area is 139 Å². The highest BCUT2D eigenvalue weighted by Crippen LogP contribution is 2.19. The predicted molar refractivity (Wildman–Crippen MR) is 91.2 cm³/mol. The maximum atomic E-state index is 12.4. The van der Waals surface area contributed by atoms with Gasteiger partial charge < -0.3 is 9.84 Å². The molecule has 2 aromatic heterocycles. The smallest absolute Gasteiger partial charge is 0.261 e. The van der Waals surface area contributed by atoms with E-state index >= 15 is 0 Å². The Balaban J connectivity index is 1.71. The van der Waals surface area contributed by atoms with Gasteiger partial charge in [-0.3, -0.25) is 14.3 Å². The molecule has 0 radical (unpaired) electrons. The minimum absolute atomic E-state index is 0.102. The molecule has 0 aliphatic rings. The van der Waals surface area contributed by atoms with E-state index in [1.807, 2.05) is 32.0 Å². The number of fused-ring (bicyclic) bond motifs is 1. The molecule has 124 valence electrons. The van der Waals surface area contributed by atoms with E-state index < -0.39 is 6.10 Å². The first-order valence-corrected chi connectivity index (χ1v) is 7.72. The van der Waals surface area contributed by atoms with Crippen LogP contribution in [0.4, 0.5) is 0 Å². The Hall–Kier alpha value is -2.73. The molecule has 0 saturated heterocycles. The van der Waals surface area contributed by atoms with Gasteiger partial charge in [-0.25, -0.2) is 4.98 Å². The zero-order valence-electron chi connectivity index (χ0n) is 13.6. The molecule has 0 aliphatic carbocycles. The molecular formula is C18H19N3O3. The van der Waals surface area contributed by atoms with Gasteiger partial charge in [-0.1, -0.05) is 12.1 Å². The lowest BCUT2D eigenvalue weighted by atomic mass is 10.1. The molecule has 24 heavy (non-hydrogen) atoms. The fourth-order valence-corrected chi connectivity index (χ4v) is 2.47. The van der Waals surface area contributed by atoms with E-state index in [0.29, 0.717) is 10.9 Å². The van der Waals surface area contributed by atoms with Crippen LogP contribution in [-0.4, -0.2) is 32.4 Å². The second-order valence-electron chi connectivity index (χ2n) is 5.83. The lowest BCUT2D eigenvalue weighted by Gasteiger charge is -2.15. The predicted octanol–water partition coefficient (Wildman–Crippen LogP) is 1.85. The monoisotopic (exact) mass is 325 g/mol. The van der Waals surface area contributed by atoms with E-state index in [-0.39, 0.29) is 18.7 Å². The highest BCUT2D eigenvalue weighted by molar-refractivity contribution is 5.75. The fraction of sp³-hybridized carbons (Fsp3) is 0.278. The Kier molecular flexibility index (Phi) is 4.57. The van der Waals surface area contributed by atoms with Gasteiger partial charge in [0.05, 0.1) is 30.0 Å². The van der Waals surface area contributed by atoms with Gasteiger partial charge in [0.2, 0.25) is 0 Å².